The molecule has 6 heteroatoms. The Balaban J connectivity index is 1.83. The largest absolute Gasteiger partial charge is 0.459 e. The number of halogens is 1. The summed E-state index contributed by atoms with van der Waals surface area (Å²) in [5, 5.41) is 10.8. The fraction of sp³-hybridized carbons (Fsp3) is 0.231. The molecule has 19 heavy (non-hydrogen) atoms. The van der Waals surface area contributed by atoms with Gasteiger partial charge in [-0.2, -0.15) is 0 Å². The number of hydrogen-bond donors (Lipinski definition) is 1. The van der Waals surface area contributed by atoms with Crippen LogP contribution >= 0.6 is 45.7 Å². The van der Waals surface area contributed by atoms with Gasteiger partial charge in [0, 0.05) is 4.43 Å². The lowest BCUT2D eigenvalue weighted by Crippen LogP contribution is -2.33. The molecule has 1 aliphatic rings. The number of thiazole rings is 1. The van der Waals surface area contributed by atoms with Gasteiger partial charge < -0.3 is 5.11 Å². The van der Waals surface area contributed by atoms with E-state index in [1.807, 2.05) is 46.7 Å². The van der Waals surface area contributed by atoms with Gasteiger partial charge in [0.05, 0.1) is 17.2 Å². The highest BCUT2D eigenvalue weighted by Gasteiger charge is 2.36. The highest BCUT2D eigenvalue weighted by atomic mass is 127. The summed E-state index contributed by atoms with van der Waals surface area (Å²) in [6, 6.07) is 9.77. The average Bonchev–Trinajstić information content (AvgIpc) is 2.97. The molecule has 0 radical (unpaired) electrons. The second-order valence-corrected chi connectivity index (χ2v) is 7.61. The van der Waals surface area contributed by atoms with E-state index in [2.05, 4.69) is 27.6 Å². The van der Waals surface area contributed by atoms with Gasteiger partial charge in [-0.3, -0.25) is 4.99 Å². The third-order valence-corrected chi connectivity index (χ3v) is 6.98. The van der Waals surface area contributed by atoms with E-state index >= 15 is 0 Å². The van der Waals surface area contributed by atoms with Gasteiger partial charge >= 0.3 is 10.2 Å². The topological polar surface area (TPSA) is 36.5 Å². The van der Waals surface area contributed by atoms with Crippen molar-refractivity contribution >= 4 is 57.6 Å². The molecule has 3 nitrogen and oxygen atoms in total. The summed E-state index contributed by atoms with van der Waals surface area (Å²) in [6.07, 6.45) is 1.75. The summed E-state index contributed by atoms with van der Waals surface area (Å²) in [5.41, 5.74) is 0.901. The van der Waals surface area contributed by atoms with Crippen LogP contribution in [-0.4, -0.2) is 21.0 Å². The molecule has 1 aromatic heterocycles. The highest BCUT2D eigenvalue weighted by Crippen LogP contribution is 2.37. The van der Waals surface area contributed by atoms with Gasteiger partial charge in [0.2, 0.25) is 0 Å². The van der Waals surface area contributed by atoms with Crippen LogP contribution in [0.15, 0.2) is 39.7 Å². The molecule has 1 aliphatic heterocycles. The van der Waals surface area contributed by atoms with Gasteiger partial charge in [-0.05, 0) is 35.2 Å². The molecule has 0 saturated carbocycles. The Hall–Kier alpha value is -0.600. The molecule has 0 spiro atoms. The minimum atomic E-state index is 0.347. The Morgan fingerprint density at radius 3 is 2.89 bits per heavy atom. The molecule has 0 saturated heterocycles. The number of alkyl halides is 1. The van der Waals surface area contributed by atoms with Crippen LogP contribution in [0.5, 0.6) is 5.88 Å². The van der Waals surface area contributed by atoms with E-state index in [1.54, 1.807) is 17.6 Å². The predicted octanol–water partition coefficient (Wildman–Crippen LogP) is 3.40. The van der Waals surface area contributed by atoms with Crippen LogP contribution in [0, 0.1) is 0 Å². The van der Waals surface area contributed by atoms with E-state index in [-0.39, 0.29) is 0 Å². The van der Waals surface area contributed by atoms with Gasteiger partial charge in [0.1, 0.15) is 0 Å². The fourth-order valence-corrected chi connectivity index (χ4v) is 5.17. The number of rotatable bonds is 3. The van der Waals surface area contributed by atoms with Gasteiger partial charge in [0.15, 0.2) is 11.4 Å². The first kappa shape index (κ1) is 13.4. The van der Waals surface area contributed by atoms with Gasteiger partial charge in [-0.1, -0.05) is 40.8 Å². The molecule has 3 rings (SSSR count). The quantitative estimate of drug-likeness (QED) is 0.369. The number of aromatic hydroxyl groups is 1. The minimum Gasteiger partial charge on any atom is -0.459 e. The number of thioether (sulfide) groups is 1. The third kappa shape index (κ3) is 2.80. The van der Waals surface area contributed by atoms with Crippen LogP contribution in [0.25, 0.3) is 0 Å². The Labute approximate surface area is 133 Å². The van der Waals surface area contributed by atoms with Crippen molar-refractivity contribution in [2.45, 2.75) is 16.1 Å². The van der Waals surface area contributed by atoms with Crippen molar-refractivity contribution in [3.63, 3.8) is 0 Å². The fourth-order valence-electron chi connectivity index (χ4n) is 1.86. The monoisotopic (exact) mass is 403 g/mol. The second-order valence-electron chi connectivity index (χ2n) is 4.15. The van der Waals surface area contributed by atoms with E-state index < -0.39 is 0 Å². The summed E-state index contributed by atoms with van der Waals surface area (Å²) in [5.74, 6) is 0.347. The molecule has 0 amide bonds. The van der Waals surface area contributed by atoms with Crippen molar-refractivity contribution in [2.24, 2.45) is 4.99 Å². The minimum absolute atomic E-state index is 0.347. The first-order valence-corrected chi connectivity index (χ1v) is 9.07. The first-order chi connectivity index (χ1) is 9.28. The van der Waals surface area contributed by atoms with E-state index in [0.717, 1.165) is 21.5 Å². The number of benzene rings is 1. The Morgan fingerprint density at radius 1 is 1.42 bits per heavy atom. The van der Waals surface area contributed by atoms with Crippen molar-refractivity contribution in [2.75, 3.05) is 4.43 Å². The van der Waals surface area contributed by atoms with Gasteiger partial charge in [-0.15, -0.1) is 4.57 Å². The maximum absolute atomic E-state index is 10.2. The van der Waals surface area contributed by atoms with Crippen LogP contribution < -0.4 is 4.57 Å². The zero-order valence-electron chi connectivity index (χ0n) is 9.99. The summed E-state index contributed by atoms with van der Waals surface area (Å²) in [4.78, 5) is 5.22. The summed E-state index contributed by atoms with van der Waals surface area (Å²) < 4.78 is 4.27. The third-order valence-electron chi connectivity index (χ3n) is 2.81. The van der Waals surface area contributed by atoms with Crippen LogP contribution in [0.3, 0.4) is 0 Å². The maximum Gasteiger partial charge on any atom is 0.386 e. The Bertz CT molecular complexity index is 613. The van der Waals surface area contributed by atoms with Crippen LogP contribution in [-0.2, 0) is 6.54 Å². The van der Waals surface area contributed by atoms with Crippen LogP contribution in [0.1, 0.15) is 4.88 Å². The molecule has 1 N–H and O–H groups in total. The zero-order chi connectivity index (χ0) is 13.2. The average molecular weight is 403 g/mol. The van der Waals surface area contributed by atoms with Gasteiger partial charge in [-0.25, -0.2) is 0 Å². The van der Waals surface area contributed by atoms with Crippen molar-refractivity contribution < 1.29 is 9.67 Å². The highest BCUT2D eigenvalue weighted by molar-refractivity contribution is 14.1. The van der Waals surface area contributed by atoms with E-state index in [9.17, 15) is 5.11 Å². The molecular formula is C13H12IN2OS2+. The molecule has 0 bridgehead atoms. The van der Waals surface area contributed by atoms with Crippen molar-refractivity contribution in [1.82, 2.24) is 0 Å². The Morgan fingerprint density at radius 2 is 2.21 bits per heavy atom. The van der Waals surface area contributed by atoms with Crippen molar-refractivity contribution in [3.8, 4) is 5.88 Å². The second kappa shape index (κ2) is 5.80. The number of fused-ring (bicyclic) bond motifs is 1. The lowest BCUT2D eigenvalue weighted by molar-refractivity contribution is -0.724. The number of aliphatic imine (C=N–C) groups is 1. The number of hydrogen-bond acceptors (Lipinski definition) is 4. The summed E-state index contributed by atoms with van der Waals surface area (Å²) in [6.45, 7) is 0.893. The smallest absolute Gasteiger partial charge is 0.386 e. The molecule has 98 valence electrons. The van der Waals surface area contributed by atoms with Crippen molar-refractivity contribution in [3.05, 3.63) is 35.2 Å². The SMILES string of the molecule is Oc1c(C=Nc2ccccc2)sc2[n+]1CC(CI)S2. The molecule has 2 heterocycles. The normalized spacial score (nSPS) is 18.1. The predicted molar refractivity (Wildman–Crippen MR) is 88.4 cm³/mol. The molecule has 1 atom stereocenters. The van der Waals surface area contributed by atoms with Crippen molar-refractivity contribution in [1.29, 1.82) is 0 Å². The van der Waals surface area contributed by atoms with Crippen LogP contribution in [0.2, 0.25) is 0 Å². The zero-order valence-corrected chi connectivity index (χ0v) is 13.8. The lowest BCUT2D eigenvalue weighted by atomic mass is 10.3. The molecular weight excluding hydrogens is 391 g/mol. The number of aromatic nitrogens is 1. The number of para-hydroxylation sites is 1. The summed E-state index contributed by atoms with van der Waals surface area (Å²) >= 11 is 5.85. The first-order valence-electron chi connectivity index (χ1n) is 5.85. The Kier molecular flexibility index (Phi) is 4.09. The molecule has 0 fully saturated rings. The standard InChI is InChI=1S/C13H11IN2OS2/c14-6-10-8-16-12(17)11(19-13(16)18-10)7-15-9-4-2-1-3-5-9/h1-5,7,10H,6,8H2/p+1. The summed E-state index contributed by atoms with van der Waals surface area (Å²) in [7, 11) is 0. The molecule has 0 aliphatic carbocycles. The molecule has 1 aromatic carbocycles. The maximum atomic E-state index is 10.2. The van der Waals surface area contributed by atoms with E-state index in [0.29, 0.717) is 11.1 Å². The molecule has 1 unspecified atom stereocenters. The van der Waals surface area contributed by atoms with E-state index in [1.165, 1.54) is 4.34 Å². The molecule has 2 aromatic rings. The lowest BCUT2D eigenvalue weighted by Gasteiger charge is -1.95. The van der Waals surface area contributed by atoms with Crippen LogP contribution in [0.4, 0.5) is 5.69 Å². The van der Waals surface area contributed by atoms with Gasteiger partial charge in [0.25, 0.3) is 0 Å². The number of nitrogens with zero attached hydrogens (tertiary/aromatic N) is 2. The van der Waals surface area contributed by atoms with E-state index in [4.69, 9.17) is 0 Å².